The zero-order valence-electron chi connectivity index (χ0n) is 10.2. The lowest BCUT2D eigenvalue weighted by Crippen LogP contribution is -2.23. The van der Waals surface area contributed by atoms with Crippen LogP contribution in [0.2, 0.25) is 10.0 Å². The van der Waals surface area contributed by atoms with Crippen LogP contribution in [0.1, 0.15) is 5.56 Å². The number of nitrogens with one attached hydrogen (secondary N) is 1. The van der Waals surface area contributed by atoms with E-state index in [1.54, 1.807) is 12.1 Å². The predicted octanol–water partition coefficient (Wildman–Crippen LogP) is 3.18. The molecular formula is C13H11Cl2NO3S. The van der Waals surface area contributed by atoms with Gasteiger partial charge in [-0.15, -0.1) is 0 Å². The minimum Gasteiger partial charge on any atom is -0.508 e. The molecular weight excluding hydrogens is 321 g/mol. The van der Waals surface area contributed by atoms with Crippen LogP contribution in [-0.4, -0.2) is 13.5 Å². The number of halogens is 2. The van der Waals surface area contributed by atoms with Gasteiger partial charge in [-0.25, -0.2) is 13.1 Å². The highest BCUT2D eigenvalue weighted by Gasteiger charge is 2.15. The molecule has 0 fully saturated rings. The van der Waals surface area contributed by atoms with Crippen LogP contribution in [0, 0.1) is 0 Å². The number of sulfonamides is 1. The smallest absolute Gasteiger partial charge is 0.240 e. The van der Waals surface area contributed by atoms with Gasteiger partial charge in [0.2, 0.25) is 10.0 Å². The molecule has 0 saturated heterocycles. The van der Waals surface area contributed by atoms with Crippen LogP contribution in [0.4, 0.5) is 0 Å². The average Bonchev–Trinajstić information content (AvgIpc) is 2.41. The summed E-state index contributed by atoms with van der Waals surface area (Å²) in [4.78, 5) is 0.0469. The Morgan fingerprint density at radius 2 is 1.65 bits per heavy atom. The Morgan fingerprint density at radius 1 is 1.00 bits per heavy atom. The first-order chi connectivity index (χ1) is 9.38. The van der Waals surface area contributed by atoms with Gasteiger partial charge in [-0.3, -0.25) is 0 Å². The van der Waals surface area contributed by atoms with E-state index in [2.05, 4.69) is 4.72 Å². The van der Waals surface area contributed by atoms with E-state index in [4.69, 9.17) is 28.3 Å². The number of phenolic OH excluding ortho intramolecular Hbond substituents is 1. The number of aromatic hydroxyl groups is 1. The molecule has 0 radical (unpaired) electrons. The number of rotatable bonds is 4. The summed E-state index contributed by atoms with van der Waals surface area (Å²) in [5.74, 6) is 0.126. The van der Waals surface area contributed by atoms with Crippen molar-refractivity contribution in [1.29, 1.82) is 0 Å². The molecule has 2 aromatic rings. The van der Waals surface area contributed by atoms with Crippen molar-refractivity contribution < 1.29 is 13.5 Å². The van der Waals surface area contributed by atoms with Crippen molar-refractivity contribution in [2.24, 2.45) is 0 Å². The van der Waals surface area contributed by atoms with Gasteiger partial charge in [-0.05, 0) is 35.9 Å². The lowest BCUT2D eigenvalue weighted by atomic mass is 10.2. The maximum atomic E-state index is 12.1. The van der Waals surface area contributed by atoms with Crippen LogP contribution < -0.4 is 4.72 Å². The number of benzene rings is 2. The van der Waals surface area contributed by atoms with Gasteiger partial charge < -0.3 is 5.11 Å². The molecule has 2 N–H and O–H groups in total. The largest absolute Gasteiger partial charge is 0.508 e. The Kier molecular flexibility index (Phi) is 4.55. The third-order valence-corrected chi connectivity index (χ3v) is 4.74. The molecule has 0 aromatic heterocycles. The van der Waals surface area contributed by atoms with Gasteiger partial charge in [0.15, 0.2) is 0 Å². The van der Waals surface area contributed by atoms with Crippen molar-refractivity contribution in [3.05, 3.63) is 58.1 Å². The monoisotopic (exact) mass is 331 g/mol. The quantitative estimate of drug-likeness (QED) is 0.904. The molecule has 20 heavy (non-hydrogen) atoms. The van der Waals surface area contributed by atoms with E-state index in [0.717, 1.165) is 5.56 Å². The van der Waals surface area contributed by atoms with E-state index >= 15 is 0 Å². The second-order valence-corrected chi connectivity index (χ2v) is 6.65. The Balaban J connectivity index is 2.14. The zero-order chi connectivity index (χ0) is 14.8. The van der Waals surface area contributed by atoms with E-state index in [1.807, 2.05) is 0 Å². The molecule has 2 aromatic carbocycles. The van der Waals surface area contributed by atoms with Gasteiger partial charge in [-0.2, -0.15) is 0 Å². The second-order valence-electron chi connectivity index (χ2n) is 4.07. The molecule has 0 aliphatic heterocycles. The predicted molar refractivity (Wildman–Crippen MR) is 78.6 cm³/mol. The SMILES string of the molecule is O=S(=O)(NCc1ccc(O)cc1)c1ccc(Cl)c(Cl)c1. The molecule has 0 aliphatic carbocycles. The second kappa shape index (κ2) is 6.01. The maximum Gasteiger partial charge on any atom is 0.240 e. The summed E-state index contributed by atoms with van der Waals surface area (Å²) in [6.07, 6.45) is 0. The van der Waals surface area contributed by atoms with E-state index < -0.39 is 10.0 Å². The number of hydrogen-bond donors (Lipinski definition) is 2. The van der Waals surface area contributed by atoms with E-state index in [1.165, 1.54) is 30.3 Å². The van der Waals surface area contributed by atoms with Crippen molar-refractivity contribution in [1.82, 2.24) is 4.72 Å². The first-order valence-electron chi connectivity index (χ1n) is 5.61. The van der Waals surface area contributed by atoms with Crippen molar-refractivity contribution >= 4 is 33.2 Å². The molecule has 0 heterocycles. The summed E-state index contributed by atoms with van der Waals surface area (Å²) in [6.45, 7) is 0.114. The summed E-state index contributed by atoms with van der Waals surface area (Å²) in [5, 5.41) is 9.63. The molecule has 0 unspecified atom stereocenters. The number of phenols is 1. The summed E-state index contributed by atoms with van der Waals surface area (Å²) < 4.78 is 26.6. The molecule has 4 nitrogen and oxygen atoms in total. The van der Waals surface area contributed by atoms with Crippen molar-refractivity contribution in [2.75, 3.05) is 0 Å². The molecule has 2 rings (SSSR count). The third kappa shape index (κ3) is 3.64. The fourth-order valence-corrected chi connectivity index (χ4v) is 2.93. The molecule has 0 spiro atoms. The van der Waals surface area contributed by atoms with E-state index in [-0.39, 0.29) is 22.2 Å². The van der Waals surface area contributed by atoms with Crippen LogP contribution in [0.15, 0.2) is 47.4 Å². The summed E-state index contributed by atoms with van der Waals surface area (Å²) in [6, 6.07) is 10.3. The lowest BCUT2D eigenvalue weighted by molar-refractivity contribution is 0.475. The van der Waals surface area contributed by atoms with Gasteiger partial charge in [0, 0.05) is 6.54 Å². The van der Waals surface area contributed by atoms with Gasteiger partial charge in [0.05, 0.1) is 14.9 Å². The summed E-state index contributed by atoms with van der Waals surface area (Å²) >= 11 is 11.6. The van der Waals surface area contributed by atoms with Gasteiger partial charge >= 0.3 is 0 Å². The topological polar surface area (TPSA) is 66.4 Å². The molecule has 106 valence electrons. The highest BCUT2D eigenvalue weighted by atomic mass is 35.5. The van der Waals surface area contributed by atoms with Crippen LogP contribution >= 0.6 is 23.2 Å². The lowest BCUT2D eigenvalue weighted by Gasteiger charge is -2.08. The molecule has 0 bridgehead atoms. The van der Waals surface area contributed by atoms with Crippen LogP contribution in [0.25, 0.3) is 0 Å². The van der Waals surface area contributed by atoms with Gasteiger partial charge in [0.25, 0.3) is 0 Å². The minimum atomic E-state index is -3.66. The Labute approximate surface area is 127 Å². The average molecular weight is 332 g/mol. The van der Waals surface area contributed by atoms with Gasteiger partial charge in [-0.1, -0.05) is 35.3 Å². The third-order valence-electron chi connectivity index (χ3n) is 2.60. The van der Waals surface area contributed by atoms with Crippen LogP contribution in [-0.2, 0) is 16.6 Å². The summed E-state index contributed by atoms with van der Waals surface area (Å²) in [5.41, 5.74) is 0.728. The minimum absolute atomic E-state index is 0.0469. The Hall–Kier alpha value is -1.27. The van der Waals surface area contributed by atoms with Crippen molar-refractivity contribution in [3.8, 4) is 5.75 Å². The Morgan fingerprint density at radius 3 is 2.25 bits per heavy atom. The highest BCUT2D eigenvalue weighted by Crippen LogP contribution is 2.24. The van der Waals surface area contributed by atoms with E-state index in [9.17, 15) is 8.42 Å². The fraction of sp³-hybridized carbons (Fsp3) is 0.0769. The fourth-order valence-electron chi connectivity index (χ4n) is 1.52. The van der Waals surface area contributed by atoms with E-state index in [0.29, 0.717) is 5.02 Å². The Bertz CT molecular complexity index is 715. The summed E-state index contributed by atoms with van der Waals surface area (Å²) in [7, 11) is -3.66. The first-order valence-corrected chi connectivity index (χ1v) is 7.85. The zero-order valence-corrected chi connectivity index (χ0v) is 12.5. The standard InChI is InChI=1S/C13H11Cl2NO3S/c14-12-6-5-11(7-13(12)15)20(18,19)16-8-9-1-3-10(17)4-2-9/h1-7,16-17H,8H2. The first kappa shape index (κ1) is 15.1. The maximum absolute atomic E-state index is 12.1. The molecule has 0 aliphatic rings. The van der Waals surface area contributed by atoms with Crippen molar-refractivity contribution in [3.63, 3.8) is 0 Å². The normalized spacial score (nSPS) is 11.5. The van der Waals surface area contributed by atoms with Crippen molar-refractivity contribution in [2.45, 2.75) is 11.4 Å². The molecule has 7 heteroatoms. The molecule has 0 saturated carbocycles. The molecule has 0 amide bonds. The molecule has 0 atom stereocenters. The number of hydrogen-bond acceptors (Lipinski definition) is 3. The van der Waals surface area contributed by atoms with Crippen LogP contribution in [0.5, 0.6) is 5.75 Å². The highest BCUT2D eigenvalue weighted by molar-refractivity contribution is 7.89. The van der Waals surface area contributed by atoms with Crippen LogP contribution in [0.3, 0.4) is 0 Å². The van der Waals surface area contributed by atoms with Gasteiger partial charge in [0.1, 0.15) is 5.75 Å².